The Morgan fingerprint density at radius 1 is 1.06 bits per heavy atom. The number of carbonyl (C=O) groups excluding carboxylic acids is 2. The van der Waals surface area contributed by atoms with Crippen molar-refractivity contribution in [3.8, 4) is 0 Å². The highest BCUT2D eigenvalue weighted by Crippen LogP contribution is 2.41. The first-order chi connectivity index (χ1) is 15.1. The van der Waals surface area contributed by atoms with Crippen LogP contribution in [0.15, 0.2) is 48.8 Å². The molecule has 4 aromatic rings. The highest BCUT2D eigenvalue weighted by molar-refractivity contribution is 6.50. The number of carbonyl (C=O) groups is 2. The molecule has 154 valence electrons. The number of halogens is 1. The van der Waals surface area contributed by atoms with Gasteiger partial charge in [-0.1, -0.05) is 18.2 Å². The molecular weight excluding hydrogens is 397 g/mol. The number of imide groups is 1. The lowest BCUT2D eigenvalue weighted by Crippen LogP contribution is -2.22. The molecule has 0 fully saturated rings. The number of aliphatic hydroxyl groups is 1. The normalized spacial score (nSPS) is 18.5. The van der Waals surface area contributed by atoms with Gasteiger partial charge in [0, 0.05) is 39.8 Å². The molecule has 2 aromatic heterocycles. The van der Waals surface area contributed by atoms with Gasteiger partial charge < -0.3 is 14.7 Å². The first-order valence-corrected chi connectivity index (χ1v) is 10.2. The molecule has 0 saturated carbocycles. The van der Waals surface area contributed by atoms with Gasteiger partial charge in [-0.05, 0) is 36.6 Å². The van der Waals surface area contributed by atoms with Crippen molar-refractivity contribution in [2.45, 2.75) is 18.9 Å². The number of aryl methyl sites for hydroxylation is 1. The van der Waals surface area contributed by atoms with Crippen molar-refractivity contribution in [3.05, 3.63) is 71.3 Å². The number of hydrogen-bond acceptors (Lipinski definition) is 3. The average Bonchev–Trinajstić information content (AvgIpc) is 3.42. The van der Waals surface area contributed by atoms with Crippen molar-refractivity contribution in [2.75, 3.05) is 6.61 Å². The molecule has 1 unspecified atom stereocenters. The third-order valence-electron chi connectivity index (χ3n) is 6.40. The summed E-state index contributed by atoms with van der Waals surface area (Å²) < 4.78 is 15.7. The SMILES string of the molecule is O=C1NC(=O)C(c2cn3c4c(cccc24)CCC3CO)=C1c1c[nH]c2cc(F)ccc12. The predicted molar refractivity (Wildman–Crippen MR) is 115 cm³/mol. The van der Waals surface area contributed by atoms with E-state index in [0.717, 1.165) is 29.3 Å². The van der Waals surface area contributed by atoms with E-state index in [0.29, 0.717) is 27.6 Å². The van der Waals surface area contributed by atoms with E-state index in [9.17, 15) is 19.1 Å². The number of fused-ring (bicyclic) bond motifs is 1. The van der Waals surface area contributed by atoms with Crippen molar-refractivity contribution in [2.24, 2.45) is 0 Å². The van der Waals surface area contributed by atoms with E-state index in [4.69, 9.17) is 0 Å². The number of aromatic amines is 1. The lowest BCUT2D eigenvalue weighted by Gasteiger charge is -2.24. The van der Waals surface area contributed by atoms with Gasteiger partial charge in [-0.25, -0.2) is 4.39 Å². The van der Waals surface area contributed by atoms with Gasteiger partial charge in [0.2, 0.25) is 0 Å². The third kappa shape index (κ3) is 2.47. The topological polar surface area (TPSA) is 87.1 Å². The Bertz CT molecular complexity index is 1460. The summed E-state index contributed by atoms with van der Waals surface area (Å²) >= 11 is 0. The second-order valence-corrected chi connectivity index (χ2v) is 8.06. The molecule has 1 atom stereocenters. The molecule has 2 aliphatic rings. The Morgan fingerprint density at radius 3 is 2.68 bits per heavy atom. The van der Waals surface area contributed by atoms with Gasteiger partial charge in [0.25, 0.3) is 11.8 Å². The van der Waals surface area contributed by atoms with Crippen molar-refractivity contribution in [1.82, 2.24) is 14.9 Å². The summed E-state index contributed by atoms with van der Waals surface area (Å²) in [5.41, 5.74) is 4.48. The number of nitrogens with one attached hydrogen (secondary N) is 2. The van der Waals surface area contributed by atoms with Crippen molar-refractivity contribution in [1.29, 1.82) is 0 Å². The molecular formula is C24H18FN3O3. The van der Waals surface area contributed by atoms with E-state index in [1.54, 1.807) is 12.3 Å². The summed E-state index contributed by atoms with van der Waals surface area (Å²) in [5, 5.41) is 13.8. The lowest BCUT2D eigenvalue weighted by molar-refractivity contribution is -0.122. The zero-order chi connectivity index (χ0) is 21.3. The van der Waals surface area contributed by atoms with Crippen LogP contribution in [0.1, 0.15) is 29.2 Å². The monoisotopic (exact) mass is 415 g/mol. The van der Waals surface area contributed by atoms with Gasteiger partial charge in [0.05, 0.1) is 29.3 Å². The highest BCUT2D eigenvalue weighted by atomic mass is 19.1. The molecule has 0 spiro atoms. The van der Waals surface area contributed by atoms with Gasteiger partial charge in [-0.2, -0.15) is 0 Å². The number of rotatable bonds is 3. The van der Waals surface area contributed by atoms with Crippen molar-refractivity contribution < 1.29 is 19.1 Å². The zero-order valence-corrected chi connectivity index (χ0v) is 16.4. The van der Waals surface area contributed by atoms with E-state index < -0.39 is 11.8 Å². The van der Waals surface area contributed by atoms with E-state index in [1.807, 2.05) is 22.9 Å². The molecule has 2 aliphatic heterocycles. The fourth-order valence-corrected chi connectivity index (χ4v) is 4.99. The maximum absolute atomic E-state index is 13.6. The summed E-state index contributed by atoms with van der Waals surface area (Å²) in [7, 11) is 0. The summed E-state index contributed by atoms with van der Waals surface area (Å²) in [6.45, 7) is 0.00258. The number of amides is 2. The molecule has 3 N–H and O–H groups in total. The minimum absolute atomic E-state index is 0.00258. The molecule has 4 heterocycles. The maximum Gasteiger partial charge on any atom is 0.259 e. The molecule has 2 aromatic carbocycles. The van der Waals surface area contributed by atoms with Gasteiger partial charge in [0.1, 0.15) is 5.82 Å². The number of H-pyrrole nitrogens is 1. The van der Waals surface area contributed by atoms with Crippen LogP contribution in [0.3, 0.4) is 0 Å². The fraction of sp³-hybridized carbons (Fsp3) is 0.167. The van der Waals surface area contributed by atoms with Crippen LogP contribution in [0.4, 0.5) is 4.39 Å². The van der Waals surface area contributed by atoms with E-state index in [2.05, 4.69) is 16.4 Å². The summed E-state index contributed by atoms with van der Waals surface area (Å²) in [4.78, 5) is 28.8. The quantitative estimate of drug-likeness (QED) is 0.449. The Kier molecular flexibility index (Phi) is 3.73. The lowest BCUT2D eigenvalue weighted by atomic mass is 9.94. The van der Waals surface area contributed by atoms with Crippen LogP contribution >= 0.6 is 0 Å². The van der Waals surface area contributed by atoms with Gasteiger partial charge in [-0.15, -0.1) is 0 Å². The Hall–Kier alpha value is -3.71. The fourth-order valence-electron chi connectivity index (χ4n) is 4.99. The Labute approximate surface area is 176 Å². The van der Waals surface area contributed by atoms with Crippen LogP contribution in [0.5, 0.6) is 0 Å². The number of aliphatic hydroxyl groups excluding tert-OH is 1. The number of aromatic nitrogens is 2. The minimum atomic E-state index is -0.476. The summed E-state index contributed by atoms with van der Waals surface area (Å²) in [6, 6.07) is 10.2. The molecule has 0 aliphatic carbocycles. The largest absolute Gasteiger partial charge is 0.394 e. The number of hydrogen-bond donors (Lipinski definition) is 3. The Balaban J connectivity index is 1.67. The molecule has 31 heavy (non-hydrogen) atoms. The van der Waals surface area contributed by atoms with Crippen molar-refractivity contribution in [3.63, 3.8) is 0 Å². The molecule has 6 rings (SSSR count). The molecule has 0 bridgehead atoms. The number of benzene rings is 2. The van der Waals surface area contributed by atoms with Gasteiger partial charge >= 0.3 is 0 Å². The smallest absolute Gasteiger partial charge is 0.259 e. The maximum atomic E-state index is 13.6. The third-order valence-corrected chi connectivity index (χ3v) is 6.40. The van der Waals surface area contributed by atoms with E-state index >= 15 is 0 Å². The first-order valence-electron chi connectivity index (χ1n) is 10.2. The molecule has 2 amide bonds. The van der Waals surface area contributed by atoms with E-state index in [-0.39, 0.29) is 24.0 Å². The molecule has 0 saturated heterocycles. The van der Waals surface area contributed by atoms with Crippen LogP contribution < -0.4 is 5.32 Å². The van der Waals surface area contributed by atoms with Gasteiger partial charge in [-0.3, -0.25) is 14.9 Å². The second kappa shape index (κ2) is 6.39. The molecule has 6 nitrogen and oxygen atoms in total. The number of para-hydroxylation sites is 1. The van der Waals surface area contributed by atoms with Crippen LogP contribution in [0, 0.1) is 5.82 Å². The molecule has 0 radical (unpaired) electrons. The Morgan fingerprint density at radius 2 is 1.87 bits per heavy atom. The van der Waals surface area contributed by atoms with E-state index in [1.165, 1.54) is 12.1 Å². The summed E-state index contributed by atoms with van der Waals surface area (Å²) in [6.07, 6.45) is 5.16. The second-order valence-electron chi connectivity index (χ2n) is 8.06. The van der Waals surface area contributed by atoms with Crippen LogP contribution in [-0.4, -0.2) is 33.1 Å². The first kappa shape index (κ1) is 18.1. The standard InChI is InChI=1S/C24H18FN3O3/c25-13-5-7-15-17(9-26-19(15)8-13)20-21(24(31)27-23(20)30)18-10-28-14(11-29)6-4-12-2-1-3-16(18)22(12)28/h1-3,5,7-10,14,26,29H,4,6,11H2,(H,27,30,31). The molecule has 7 heteroatoms. The van der Waals surface area contributed by atoms with Crippen molar-refractivity contribution >= 4 is 44.8 Å². The predicted octanol–water partition coefficient (Wildman–Crippen LogP) is 3.31. The average molecular weight is 415 g/mol. The highest BCUT2D eigenvalue weighted by Gasteiger charge is 2.36. The van der Waals surface area contributed by atoms with Gasteiger partial charge in [0.15, 0.2) is 0 Å². The summed E-state index contributed by atoms with van der Waals surface area (Å²) in [5.74, 6) is -1.32. The van der Waals surface area contributed by atoms with Crippen LogP contribution in [0.2, 0.25) is 0 Å². The zero-order valence-electron chi connectivity index (χ0n) is 16.4. The van der Waals surface area contributed by atoms with Crippen LogP contribution in [0.25, 0.3) is 33.0 Å². The minimum Gasteiger partial charge on any atom is -0.394 e. The number of nitrogens with zero attached hydrogens (tertiary/aromatic N) is 1. The van der Waals surface area contributed by atoms with Crippen LogP contribution in [-0.2, 0) is 16.0 Å².